The first-order chi connectivity index (χ1) is 18.8. The Kier molecular flexibility index (Phi) is 8.82. The molecule has 1 amide bonds. The number of phosphoric ester groups is 1. The summed E-state index contributed by atoms with van der Waals surface area (Å²) in [5.41, 5.74) is 4.06. The molecule has 0 radical (unpaired) electrons. The lowest BCUT2D eigenvalue weighted by atomic mass is 10.1. The van der Waals surface area contributed by atoms with E-state index in [-0.39, 0.29) is 19.1 Å². The zero-order valence-corrected chi connectivity index (χ0v) is 23.3. The van der Waals surface area contributed by atoms with Crippen LogP contribution in [0.5, 0.6) is 5.75 Å². The fourth-order valence-corrected chi connectivity index (χ4v) is 5.34. The van der Waals surface area contributed by atoms with Crippen molar-refractivity contribution in [1.82, 2.24) is 19.3 Å². The largest absolute Gasteiger partial charge is 0.530 e. The van der Waals surface area contributed by atoms with Gasteiger partial charge in [0.15, 0.2) is 0 Å². The number of carbonyl (C=O) groups is 1. The summed E-state index contributed by atoms with van der Waals surface area (Å²) in [6, 6.07) is 16.3. The standard InChI is InChI=1S/C27H31N6O5P/c1-5-33-25(16-19(4)31-33)26(34)30-27-29-23-17-21(18-28)10-13-24(23)32(27)15-14-20-8-11-22(12-9-20)38-39(35,36-6-2)37-7-3/h8-13,16-17H,5-7,14-15H2,1-4H3,(H,29,30,34). The number of fused-ring (bicyclic) bond motifs is 1. The Morgan fingerprint density at radius 2 is 1.79 bits per heavy atom. The monoisotopic (exact) mass is 550 g/mol. The Balaban J connectivity index is 1.56. The molecular formula is C27H31N6O5P. The minimum atomic E-state index is -3.68. The minimum absolute atomic E-state index is 0.198. The van der Waals surface area contributed by atoms with Crippen molar-refractivity contribution in [2.45, 2.75) is 47.2 Å². The lowest BCUT2D eigenvalue weighted by molar-refractivity contribution is 0.101. The third kappa shape index (κ3) is 6.55. The van der Waals surface area contributed by atoms with Crippen molar-refractivity contribution in [1.29, 1.82) is 5.26 Å². The molecule has 0 saturated carbocycles. The molecule has 2 heterocycles. The number of nitrogens with zero attached hydrogens (tertiary/aromatic N) is 5. The molecule has 4 rings (SSSR count). The van der Waals surface area contributed by atoms with Crippen molar-refractivity contribution in [3.63, 3.8) is 0 Å². The summed E-state index contributed by atoms with van der Waals surface area (Å²) >= 11 is 0. The summed E-state index contributed by atoms with van der Waals surface area (Å²) in [6.45, 7) is 8.65. The van der Waals surface area contributed by atoms with Crippen LogP contribution in [-0.4, -0.2) is 38.5 Å². The molecule has 0 spiro atoms. The number of aromatic nitrogens is 4. The van der Waals surface area contributed by atoms with Gasteiger partial charge in [-0.1, -0.05) is 12.1 Å². The lowest BCUT2D eigenvalue weighted by Gasteiger charge is -2.17. The summed E-state index contributed by atoms with van der Waals surface area (Å²) in [5, 5.41) is 16.6. The number of rotatable bonds is 12. The van der Waals surface area contributed by atoms with Crippen LogP contribution < -0.4 is 9.84 Å². The van der Waals surface area contributed by atoms with Crippen LogP contribution in [-0.2, 0) is 33.1 Å². The molecule has 0 unspecified atom stereocenters. The highest BCUT2D eigenvalue weighted by Crippen LogP contribution is 2.49. The van der Waals surface area contributed by atoms with E-state index in [1.165, 1.54) is 0 Å². The van der Waals surface area contributed by atoms with E-state index in [0.29, 0.717) is 48.0 Å². The molecule has 39 heavy (non-hydrogen) atoms. The second kappa shape index (κ2) is 12.3. The fourth-order valence-electron chi connectivity index (χ4n) is 4.15. The number of phosphoric acid groups is 1. The van der Waals surface area contributed by atoms with Gasteiger partial charge in [-0.05, 0) is 76.1 Å². The molecule has 4 aromatic rings. The maximum atomic E-state index is 13.1. The first-order valence-electron chi connectivity index (χ1n) is 12.7. The molecule has 2 aromatic carbocycles. The molecule has 0 fully saturated rings. The predicted molar refractivity (Wildman–Crippen MR) is 147 cm³/mol. The van der Waals surface area contributed by atoms with Crippen LogP contribution in [0.3, 0.4) is 0 Å². The predicted octanol–water partition coefficient (Wildman–Crippen LogP) is 5.49. The lowest BCUT2D eigenvalue weighted by Crippen LogP contribution is -2.20. The van der Waals surface area contributed by atoms with Crippen molar-refractivity contribution in [2.24, 2.45) is 0 Å². The van der Waals surface area contributed by atoms with Crippen LogP contribution in [0.15, 0.2) is 48.5 Å². The molecule has 0 aliphatic heterocycles. The first-order valence-corrected chi connectivity index (χ1v) is 14.2. The van der Waals surface area contributed by atoms with Gasteiger partial charge in [0.25, 0.3) is 5.91 Å². The van der Waals surface area contributed by atoms with Gasteiger partial charge in [-0.2, -0.15) is 10.4 Å². The number of nitriles is 1. The summed E-state index contributed by atoms with van der Waals surface area (Å²) in [5.74, 6) is 0.432. The van der Waals surface area contributed by atoms with E-state index in [1.807, 2.05) is 36.6 Å². The van der Waals surface area contributed by atoms with E-state index in [0.717, 1.165) is 16.8 Å². The second-order valence-electron chi connectivity index (χ2n) is 8.61. The molecule has 11 nitrogen and oxygen atoms in total. The number of nitrogens with one attached hydrogen (secondary N) is 1. The number of carbonyl (C=O) groups excluding carboxylic acids is 1. The number of hydrogen-bond donors (Lipinski definition) is 1. The van der Waals surface area contributed by atoms with Gasteiger partial charge in [0.05, 0.1) is 41.6 Å². The van der Waals surface area contributed by atoms with Gasteiger partial charge in [0, 0.05) is 13.1 Å². The van der Waals surface area contributed by atoms with Crippen LogP contribution >= 0.6 is 7.82 Å². The average Bonchev–Trinajstić information content (AvgIpc) is 3.47. The first kappa shape index (κ1) is 28.0. The van der Waals surface area contributed by atoms with Gasteiger partial charge in [-0.15, -0.1) is 0 Å². The zero-order valence-electron chi connectivity index (χ0n) is 22.4. The van der Waals surface area contributed by atoms with E-state index in [9.17, 15) is 14.6 Å². The molecular weight excluding hydrogens is 519 g/mol. The summed E-state index contributed by atoms with van der Waals surface area (Å²) in [7, 11) is -3.68. The van der Waals surface area contributed by atoms with Crippen LogP contribution in [0.2, 0.25) is 0 Å². The van der Waals surface area contributed by atoms with Crippen LogP contribution in [0.1, 0.15) is 48.1 Å². The van der Waals surface area contributed by atoms with Crippen LogP contribution in [0, 0.1) is 18.3 Å². The number of aryl methyl sites for hydroxylation is 4. The molecule has 0 atom stereocenters. The van der Waals surface area contributed by atoms with Crippen molar-refractivity contribution in [3.8, 4) is 11.8 Å². The quantitative estimate of drug-likeness (QED) is 0.229. The highest BCUT2D eigenvalue weighted by molar-refractivity contribution is 7.48. The maximum absolute atomic E-state index is 13.1. The normalized spacial score (nSPS) is 11.5. The Hall–Kier alpha value is -3.97. The van der Waals surface area contributed by atoms with Gasteiger partial charge in [-0.3, -0.25) is 23.8 Å². The van der Waals surface area contributed by atoms with Crippen LogP contribution in [0.4, 0.5) is 5.95 Å². The second-order valence-corrected chi connectivity index (χ2v) is 10.2. The fraction of sp³-hybridized carbons (Fsp3) is 0.333. The molecule has 12 heteroatoms. The number of benzene rings is 2. The SMILES string of the molecule is CCOP(=O)(OCC)Oc1ccc(CCn2c(NC(=O)c3cc(C)nn3CC)nc3cc(C#N)ccc32)cc1. The van der Waals surface area contributed by atoms with Gasteiger partial charge < -0.3 is 9.09 Å². The van der Waals surface area contributed by atoms with Crippen molar-refractivity contribution >= 4 is 30.7 Å². The number of amides is 1. The molecule has 1 N–H and O–H groups in total. The highest BCUT2D eigenvalue weighted by Gasteiger charge is 2.27. The van der Waals surface area contributed by atoms with E-state index < -0.39 is 7.82 Å². The van der Waals surface area contributed by atoms with E-state index in [1.54, 1.807) is 48.9 Å². The molecule has 204 valence electrons. The van der Waals surface area contributed by atoms with Crippen molar-refractivity contribution in [3.05, 3.63) is 71.0 Å². The topological polar surface area (TPSA) is 133 Å². The van der Waals surface area contributed by atoms with Gasteiger partial charge >= 0.3 is 7.82 Å². The Bertz CT molecular complexity index is 1540. The van der Waals surface area contributed by atoms with Crippen molar-refractivity contribution in [2.75, 3.05) is 18.5 Å². The van der Waals surface area contributed by atoms with Gasteiger partial charge in [0.2, 0.25) is 5.95 Å². The van der Waals surface area contributed by atoms with Gasteiger partial charge in [0.1, 0.15) is 11.4 Å². The van der Waals surface area contributed by atoms with Crippen LogP contribution in [0.25, 0.3) is 11.0 Å². The number of anilines is 1. The summed E-state index contributed by atoms with van der Waals surface area (Å²) in [4.78, 5) is 17.8. The van der Waals surface area contributed by atoms with E-state index in [4.69, 9.17) is 13.6 Å². The van der Waals surface area contributed by atoms with E-state index in [2.05, 4.69) is 21.5 Å². The molecule has 2 aromatic heterocycles. The van der Waals surface area contributed by atoms with E-state index >= 15 is 0 Å². The molecule has 0 aliphatic rings. The highest BCUT2D eigenvalue weighted by atomic mass is 31.2. The van der Waals surface area contributed by atoms with Crippen molar-refractivity contribution < 1.29 is 22.9 Å². The third-order valence-electron chi connectivity index (χ3n) is 5.88. The third-order valence-corrected chi connectivity index (χ3v) is 7.46. The zero-order chi connectivity index (χ0) is 28.0. The number of imidazole rings is 1. The molecule has 0 bridgehead atoms. The van der Waals surface area contributed by atoms with Gasteiger partial charge in [-0.25, -0.2) is 9.55 Å². The number of hydrogen-bond acceptors (Lipinski definition) is 8. The minimum Gasteiger partial charge on any atom is -0.404 e. The Morgan fingerprint density at radius 1 is 1.08 bits per heavy atom. The Labute approximate surface area is 226 Å². The average molecular weight is 551 g/mol. The summed E-state index contributed by atoms with van der Waals surface area (Å²) < 4.78 is 32.1. The smallest absolute Gasteiger partial charge is 0.404 e. The molecule has 0 aliphatic carbocycles. The Morgan fingerprint density at radius 3 is 2.44 bits per heavy atom. The molecule has 0 saturated heterocycles. The summed E-state index contributed by atoms with van der Waals surface area (Å²) in [6.07, 6.45) is 0.606. The maximum Gasteiger partial charge on any atom is 0.530 e.